The van der Waals surface area contributed by atoms with Gasteiger partial charge in [-0.3, -0.25) is 24.3 Å². The zero-order chi connectivity index (χ0) is 35.8. The molecule has 0 spiro atoms. The van der Waals surface area contributed by atoms with E-state index in [1.165, 1.54) is 0 Å². The first kappa shape index (κ1) is 40.3. The average Bonchev–Trinajstić information content (AvgIpc) is 2.89. The highest BCUT2D eigenvalue weighted by molar-refractivity contribution is 5.73. The first-order valence-electron chi connectivity index (χ1n) is 18.9. The summed E-state index contributed by atoms with van der Waals surface area (Å²) in [5.74, 6) is 0.198. The molecule has 1 atom stereocenters. The van der Waals surface area contributed by atoms with Crippen molar-refractivity contribution < 1.29 is 19.1 Å². The maximum absolute atomic E-state index is 14.1. The minimum absolute atomic E-state index is 0.0102. The summed E-state index contributed by atoms with van der Waals surface area (Å²) in [5.41, 5.74) is 0.0256. The normalized spacial score (nSPS) is 27.3. The monoisotopic (exact) mass is 662 g/mol. The van der Waals surface area contributed by atoms with E-state index < -0.39 is 0 Å². The van der Waals surface area contributed by atoms with Gasteiger partial charge in [-0.15, -0.1) is 0 Å². The lowest BCUT2D eigenvalue weighted by Gasteiger charge is -2.55. The summed E-state index contributed by atoms with van der Waals surface area (Å²) in [5, 5.41) is 0. The van der Waals surface area contributed by atoms with Gasteiger partial charge < -0.3 is 9.47 Å². The Morgan fingerprint density at radius 2 is 0.872 bits per heavy atom. The van der Waals surface area contributed by atoms with Crippen LogP contribution < -0.4 is 0 Å². The number of rotatable bonds is 12. The highest BCUT2D eigenvalue weighted by Crippen LogP contribution is 2.45. The SMILES string of the molecule is CN1C(C)(C)CC(OC(=O)CCCCCCCC(C(=O)OC2CC(C)(C)N(C)C(C)(C)C2)C2CC(C)(C)N(C)C(C)(C)C2)CC1(C)C. The molecule has 0 bridgehead atoms. The molecule has 0 amide bonds. The summed E-state index contributed by atoms with van der Waals surface area (Å²) in [4.78, 5) is 34.2. The van der Waals surface area contributed by atoms with Gasteiger partial charge in [-0.2, -0.15) is 0 Å². The Morgan fingerprint density at radius 3 is 1.30 bits per heavy atom. The van der Waals surface area contributed by atoms with Crippen LogP contribution >= 0.6 is 0 Å². The summed E-state index contributed by atoms with van der Waals surface area (Å²) in [7, 11) is 6.61. The highest BCUT2D eigenvalue weighted by atomic mass is 16.5. The van der Waals surface area contributed by atoms with E-state index in [0.29, 0.717) is 12.3 Å². The lowest BCUT2D eigenvalue weighted by atomic mass is 9.68. The molecule has 0 radical (unpaired) electrons. The average molecular weight is 662 g/mol. The number of piperidine rings is 3. The number of hydrogen-bond donors (Lipinski definition) is 0. The number of ether oxygens (including phenoxy) is 2. The van der Waals surface area contributed by atoms with Gasteiger partial charge in [0.1, 0.15) is 12.2 Å². The fourth-order valence-electron chi connectivity index (χ4n) is 9.67. The van der Waals surface area contributed by atoms with Gasteiger partial charge in [-0.1, -0.05) is 25.7 Å². The second kappa shape index (κ2) is 14.6. The van der Waals surface area contributed by atoms with Gasteiger partial charge in [0.05, 0.1) is 5.92 Å². The van der Waals surface area contributed by atoms with Crippen LogP contribution in [0.25, 0.3) is 0 Å². The standard InChI is InChI=1S/C40H75N3O4/c1-35(2)23-29(24-36(3,4)41(35)13)32(34(45)47-31-27-39(9,10)43(15)40(11,12)28-31)21-19-17-16-18-20-22-33(44)46-30-25-37(5,6)42(14)38(7,8)26-30/h29-32H,16-28H2,1-15H3. The first-order chi connectivity index (χ1) is 21.3. The predicted molar refractivity (Wildman–Crippen MR) is 195 cm³/mol. The Balaban J connectivity index is 1.53. The molecular weight excluding hydrogens is 586 g/mol. The largest absolute Gasteiger partial charge is 0.462 e. The maximum Gasteiger partial charge on any atom is 0.309 e. The summed E-state index contributed by atoms with van der Waals surface area (Å²) >= 11 is 0. The highest BCUT2D eigenvalue weighted by Gasteiger charge is 2.49. The van der Waals surface area contributed by atoms with Crippen molar-refractivity contribution in [1.82, 2.24) is 14.7 Å². The van der Waals surface area contributed by atoms with Gasteiger partial charge in [0.25, 0.3) is 0 Å². The second-order valence-electron chi connectivity index (χ2n) is 19.6. The van der Waals surface area contributed by atoms with E-state index in [0.717, 1.165) is 77.0 Å². The summed E-state index contributed by atoms with van der Waals surface area (Å²) in [6.07, 6.45) is 11.8. The minimum atomic E-state index is -0.0776. The van der Waals surface area contributed by atoms with Crippen molar-refractivity contribution in [3.05, 3.63) is 0 Å². The van der Waals surface area contributed by atoms with Crippen molar-refractivity contribution in [2.45, 2.75) is 212 Å². The van der Waals surface area contributed by atoms with Crippen LogP contribution in [-0.2, 0) is 19.1 Å². The zero-order valence-electron chi connectivity index (χ0n) is 33.5. The molecule has 0 aromatic carbocycles. The molecule has 47 heavy (non-hydrogen) atoms. The van der Waals surface area contributed by atoms with E-state index in [-0.39, 0.29) is 63.3 Å². The number of carbonyl (C=O) groups is 2. The van der Waals surface area contributed by atoms with Gasteiger partial charge in [-0.25, -0.2) is 0 Å². The molecule has 0 saturated carbocycles. The van der Waals surface area contributed by atoms with Crippen LogP contribution in [0.2, 0.25) is 0 Å². The lowest BCUT2D eigenvalue weighted by molar-refractivity contribution is -0.169. The van der Waals surface area contributed by atoms with Crippen molar-refractivity contribution >= 4 is 11.9 Å². The quantitative estimate of drug-likeness (QED) is 0.153. The van der Waals surface area contributed by atoms with Crippen LogP contribution in [0.15, 0.2) is 0 Å². The molecule has 3 saturated heterocycles. The first-order valence-corrected chi connectivity index (χ1v) is 18.9. The molecule has 274 valence electrons. The molecule has 3 heterocycles. The van der Waals surface area contributed by atoms with E-state index in [1.54, 1.807) is 0 Å². The molecule has 1 unspecified atom stereocenters. The number of unbranched alkanes of at least 4 members (excludes halogenated alkanes) is 4. The van der Waals surface area contributed by atoms with Crippen molar-refractivity contribution in [3.8, 4) is 0 Å². The summed E-state index contributed by atoms with van der Waals surface area (Å²) in [6.45, 7) is 27.3. The smallest absolute Gasteiger partial charge is 0.309 e. The third-order valence-electron chi connectivity index (χ3n) is 13.2. The molecule has 3 rings (SSSR count). The predicted octanol–water partition coefficient (Wildman–Crippen LogP) is 8.62. The van der Waals surface area contributed by atoms with Crippen molar-refractivity contribution in [2.75, 3.05) is 21.1 Å². The molecule has 0 aliphatic carbocycles. The van der Waals surface area contributed by atoms with Gasteiger partial charge in [0.2, 0.25) is 0 Å². The maximum atomic E-state index is 14.1. The molecular formula is C40H75N3O4. The fraction of sp³-hybridized carbons (Fsp3) is 0.950. The molecule has 3 aliphatic heterocycles. The Labute approximate surface area is 290 Å². The Bertz CT molecular complexity index is 1020. The van der Waals surface area contributed by atoms with E-state index in [1.807, 2.05) is 0 Å². The van der Waals surface area contributed by atoms with Crippen LogP contribution in [0.4, 0.5) is 0 Å². The molecule has 3 fully saturated rings. The zero-order valence-corrected chi connectivity index (χ0v) is 33.5. The van der Waals surface area contributed by atoms with Crippen molar-refractivity contribution in [1.29, 1.82) is 0 Å². The molecule has 0 aromatic heterocycles. The van der Waals surface area contributed by atoms with Crippen LogP contribution in [-0.4, -0.2) is 93.2 Å². The summed E-state index contributed by atoms with van der Waals surface area (Å²) in [6, 6.07) is 0. The van der Waals surface area contributed by atoms with Gasteiger partial charge in [0, 0.05) is 65.3 Å². The van der Waals surface area contributed by atoms with Crippen LogP contribution in [0.5, 0.6) is 0 Å². The minimum Gasteiger partial charge on any atom is -0.462 e. The molecule has 3 aliphatic rings. The third-order valence-corrected chi connectivity index (χ3v) is 13.2. The van der Waals surface area contributed by atoms with E-state index >= 15 is 0 Å². The van der Waals surface area contributed by atoms with Crippen LogP contribution in [0, 0.1) is 11.8 Å². The number of likely N-dealkylation sites (tertiary alicyclic amines) is 3. The van der Waals surface area contributed by atoms with Gasteiger partial charge in [-0.05, 0) is 136 Å². The Morgan fingerprint density at radius 1 is 0.532 bits per heavy atom. The van der Waals surface area contributed by atoms with E-state index in [2.05, 4.69) is 119 Å². The summed E-state index contributed by atoms with van der Waals surface area (Å²) < 4.78 is 12.4. The fourth-order valence-corrected chi connectivity index (χ4v) is 9.67. The van der Waals surface area contributed by atoms with E-state index in [9.17, 15) is 9.59 Å². The molecule has 0 N–H and O–H groups in total. The van der Waals surface area contributed by atoms with Gasteiger partial charge >= 0.3 is 11.9 Å². The van der Waals surface area contributed by atoms with Crippen LogP contribution in [0.3, 0.4) is 0 Å². The number of esters is 2. The third kappa shape index (κ3) is 9.96. The topological polar surface area (TPSA) is 62.3 Å². The van der Waals surface area contributed by atoms with Crippen LogP contribution in [0.1, 0.15) is 167 Å². The van der Waals surface area contributed by atoms with Gasteiger partial charge in [0.15, 0.2) is 0 Å². The number of nitrogens with zero attached hydrogens (tertiary/aromatic N) is 3. The Hall–Kier alpha value is -1.18. The molecule has 7 nitrogen and oxygen atoms in total. The number of hydrogen-bond acceptors (Lipinski definition) is 7. The van der Waals surface area contributed by atoms with Crippen molar-refractivity contribution in [3.63, 3.8) is 0 Å². The lowest BCUT2D eigenvalue weighted by Crippen LogP contribution is -2.61. The number of carbonyl (C=O) groups excluding carboxylic acids is 2. The second-order valence-corrected chi connectivity index (χ2v) is 19.6. The molecule has 7 heteroatoms. The molecule has 0 aromatic rings. The van der Waals surface area contributed by atoms with Crippen molar-refractivity contribution in [2.24, 2.45) is 11.8 Å². The van der Waals surface area contributed by atoms with E-state index in [4.69, 9.17) is 9.47 Å². The Kier molecular flexibility index (Phi) is 12.5.